The predicted molar refractivity (Wildman–Crippen MR) is 101 cm³/mol. The standard InChI is InChI=1S/C21H15F2N3O2/c22-16-8-6-14(7-9-16)12-26-20(27)19-18(5-2-10-24-19)25(21(26)28)13-15-3-1-4-17(23)11-15/h1-11H,12-13H2. The minimum Gasteiger partial charge on any atom is -0.287 e. The van der Waals surface area contributed by atoms with Gasteiger partial charge in [-0.25, -0.2) is 18.6 Å². The molecule has 2 aromatic carbocycles. The molecule has 0 unspecified atom stereocenters. The number of rotatable bonds is 4. The molecule has 0 aliphatic carbocycles. The molecule has 0 saturated heterocycles. The molecule has 140 valence electrons. The molecule has 0 radical (unpaired) electrons. The number of hydrogen-bond donors (Lipinski definition) is 0. The Morgan fingerprint density at radius 1 is 0.786 bits per heavy atom. The SMILES string of the molecule is O=c1c2ncccc2n(Cc2cccc(F)c2)c(=O)n1Cc1ccc(F)cc1. The molecule has 0 amide bonds. The van der Waals surface area contributed by atoms with Crippen LogP contribution in [0.1, 0.15) is 11.1 Å². The third-order valence-electron chi connectivity index (χ3n) is 4.47. The average molecular weight is 379 g/mol. The van der Waals surface area contributed by atoms with Crippen molar-refractivity contribution in [3.63, 3.8) is 0 Å². The van der Waals surface area contributed by atoms with Crippen LogP contribution in [0.15, 0.2) is 76.4 Å². The lowest BCUT2D eigenvalue weighted by atomic mass is 10.2. The quantitative estimate of drug-likeness (QED) is 0.548. The Labute approximate surface area is 158 Å². The first kappa shape index (κ1) is 17.8. The fourth-order valence-corrected chi connectivity index (χ4v) is 3.13. The van der Waals surface area contributed by atoms with E-state index < -0.39 is 22.9 Å². The lowest BCUT2D eigenvalue weighted by Gasteiger charge is -2.14. The van der Waals surface area contributed by atoms with Crippen molar-refractivity contribution in [1.29, 1.82) is 0 Å². The summed E-state index contributed by atoms with van der Waals surface area (Å²) in [7, 11) is 0. The van der Waals surface area contributed by atoms with Gasteiger partial charge in [0, 0.05) is 6.20 Å². The van der Waals surface area contributed by atoms with Crippen LogP contribution < -0.4 is 11.2 Å². The molecule has 0 fully saturated rings. The van der Waals surface area contributed by atoms with Crippen molar-refractivity contribution in [2.75, 3.05) is 0 Å². The molecular formula is C21H15F2N3O2. The molecule has 0 aliphatic heterocycles. The molecule has 0 atom stereocenters. The lowest BCUT2D eigenvalue weighted by molar-refractivity contribution is 0.611. The highest BCUT2D eigenvalue weighted by molar-refractivity contribution is 5.73. The van der Waals surface area contributed by atoms with E-state index >= 15 is 0 Å². The molecular weight excluding hydrogens is 364 g/mol. The van der Waals surface area contributed by atoms with Crippen molar-refractivity contribution in [3.8, 4) is 0 Å². The zero-order valence-electron chi connectivity index (χ0n) is 14.7. The summed E-state index contributed by atoms with van der Waals surface area (Å²) in [5.74, 6) is -0.813. The average Bonchev–Trinajstić information content (AvgIpc) is 2.70. The molecule has 2 heterocycles. The van der Waals surface area contributed by atoms with Gasteiger partial charge in [-0.3, -0.25) is 13.9 Å². The van der Waals surface area contributed by atoms with E-state index in [-0.39, 0.29) is 18.6 Å². The second-order valence-corrected chi connectivity index (χ2v) is 6.39. The van der Waals surface area contributed by atoms with Crippen LogP contribution in [0, 0.1) is 11.6 Å². The van der Waals surface area contributed by atoms with Gasteiger partial charge in [-0.15, -0.1) is 0 Å². The van der Waals surface area contributed by atoms with Gasteiger partial charge in [0.05, 0.1) is 18.6 Å². The maximum atomic E-state index is 13.6. The number of pyridine rings is 1. The van der Waals surface area contributed by atoms with Gasteiger partial charge < -0.3 is 0 Å². The Hall–Kier alpha value is -3.61. The van der Waals surface area contributed by atoms with E-state index in [1.165, 1.54) is 47.2 Å². The van der Waals surface area contributed by atoms with Crippen molar-refractivity contribution in [3.05, 3.63) is 110 Å². The number of aromatic nitrogens is 3. The molecule has 0 aliphatic rings. The lowest BCUT2D eigenvalue weighted by Crippen LogP contribution is -2.40. The van der Waals surface area contributed by atoms with Gasteiger partial charge in [-0.05, 0) is 47.5 Å². The van der Waals surface area contributed by atoms with Gasteiger partial charge in [0.15, 0.2) is 5.52 Å². The van der Waals surface area contributed by atoms with Crippen molar-refractivity contribution >= 4 is 11.0 Å². The summed E-state index contributed by atoms with van der Waals surface area (Å²) in [6.45, 7) is 0.0656. The Morgan fingerprint density at radius 3 is 2.29 bits per heavy atom. The van der Waals surface area contributed by atoms with Crippen LogP contribution in [0.25, 0.3) is 11.0 Å². The summed E-state index contributed by atoms with van der Waals surface area (Å²) < 4.78 is 29.2. The Morgan fingerprint density at radius 2 is 1.54 bits per heavy atom. The van der Waals surface area contributed by atoms with Gasteiger partial charge in [-0.1, -0.05) is 24.3 Å². The maximum absolute atomic E-state index is 13.6. The number of hydrogen-bond acceptors (Lipinski definition) is 3. The van der Waals surface area contributed by atoms with E-state index in [1.807, 2.05) is 0 Å². The van der Waals surface area contributed by atoms with Crippen molar-refractivity contribution in [2.24, 2.45) is 0 Å². The van der Waals surface area contributed by atoms with Gasteiger partial charge >= 0.3 is 5.69 Å². The van der Waals surface area contributed by atoms with Gasteiger partial charge in [-0.2, -0.15) is 0 Å². The summed E-state index contributed by atoms with van der Waals surface area (Å²) in [5, 5.41) is 0. The van der Waals surface area contributed by atoms with E-state index in [4.69, 9.17) is 0 Å². The maximum Gasteiger partial charge on any atom is 0.332 e. The minimum atomic E-state index is -0.543. The molecule has 0 saturated carbocycles. The summed E-state index contributed by atoms with van der Waals surface area (Å²) in [4.78, 5) is 30.1. The Kier molecular flexibility index (Phi) is 4.57. The number of nitrogens with zero attached hydrogens (tertiary/aromatic N) is 3. The van der Waals surface area contributed by atoms with Crippen LogP contribution in [0.2, 0.25) is 0 Å². The summed E-state index contributed by atoms with van der Waals surface area (Å²) >= 11 is 0. The molecule has 0 N–H and O–H groups in total. The largest absolute Gasteiger partial charge is 0.332 e. The molecule has 7 heteroatoms. The number of benzene rings is 2. The van der Waals surface area contributed by atoms with Gasteiger partial charge in [0.1, 0.15) is 11.6 Å². The van der Waals surface area contributed by atoms with Gasteiger partial charge in [0.2, 0.25) is 0 Å². The third-order valence-corrected chi connectivity index (χ3v) is 4.47. The monoisotopic (exact) mass is 379 g/mol. The van der Waals surface area contributed by atoms with Crippen molar-refractivity contribution in [1.82, 2.24) is 14.1 Å². The first-order valence-corrected chi connectivity index (χ1v) is 8.60. The van der Waals surface area contributed by atoms with E-state index in [0.29, 0.717) is 16.6 Å². The van der Waals surface area contributed by atoms with Crippen molar-refractivity contribution < 1.29 is 8.78 Å². The molecule has 4 rings (SSSR count). The zero-order chi connectivity index (χ0) is 19.7. The predicted octanol–water partition coefficient (Wildman–Crippen LogP) is 2.93. The van der Waals surface area contributed by atoms with Crippen LogP contribution >= 0.6 is 0 Å². The van der Waals surface area contributed by atoms with E-state index in [0.717, 1.165) is 4.57 Å². The minimum absolute atomic E-state index is 0.0202. The fourth-order valence-electron chi connectivity index (χ4n) is 3.13. The first-order chi connectivity index (χ1) is 13.5. The molecule has 4 aromatic rings. The molecule has 5 nitrogen and oxygen atoms in total. The Bertz CT molecular complexity index is 1280. The fraction of sp³-hybridized carbons (Fsp3) is 0.0952. The highest BCUT2D eigenvalue weighted by Crippen LogP contribution is 2.11. The van der Waals surface area contributed by atoms with E-state index in [2.05, 4.69) is 4.98 Å². The molecule has 0 bridgehead atoms. The summed E-state index contributed by atoms with van der Waals surface area (Å²) in [6, 6.07) is 14.8. The molecule has 28 heavy (non-hydrogen) atoms. The first-order valence-electron chi connectivity index (χ1n) is 8.60. The highest BCUT2D eigenvalue weighted by Gasteiger charge is 2.15. The van der Waals surface area contributed by atoms with Crippen LogP contribution in [-0.2, 0) is 13.1 Å². The van der Waals surface area contributed by atoms with E-state index in [9.17, 15) is 18.4 Å². The normalized spacial score (nSPS) is 11.1. The summed E-state index contributed by atoms with van der Waals surface area (Å²) in [5.41, 5.74) is 0.629. The number of fused-ring (bicyclic) bond motifs is 1. The molecule has 0 spiro atoms. The van der Waals surface area contributed by atoms with Crippen LogP contribution in [0.3, 0.4) is 0 Å². The van der Waals surface area contributed by atoms with Crippen LogP contribution in [-0.4, -0.2) is 14.1 Å². The van der Waals surface area contributed by atoms with Gasteiger partial charge in [0.25, 0.3) is 5.56 Å². The number of halogens is 2. The summed E-state index contributed by atoms with van der Waals surface area (Å²) in [6.07, 6.45) is 1.48. The van der Waals surface area contributed by atoms with Crippen molar-refractivity contribution in [2.45, 2.75) is 13.1 Å². The second kappa shape index (κ2) is 7.19. The van der Waals surface area contributed by atoms with Crippen LogP contribution in [0.5, 0.6) is 0 Å². The second-order valence-electron chi connectivity index (χ2n) is 6.39. The smallest absolute Gasteiger partial charge is 0.287 e. The van der Waals surface area contributed by atoms with Crippen LogP contribution in [0.4, 0.5) is 8.78 Å². The zero-order valence-corrected chi connectivity index (χ0v) is 14.7. The third kappa shape index (κ3) is 3.34. The highest BCUT2D eigenvalue weighted by atomic mass is 19.1. The Balaban J connectivity index is 1.89. The molecule has 2 aromatic heterocycles. The van der Waals surface area contributed by atoms with E-state index in [1.54, 1.807) is 24.3 Å². The topological polar surface area (TPSA) is 56.9 Å².